The second-order valence-corrected chi connectivity index (χ2v) is 5.91. The Labute approximate surface area is 167 Å². The van der Waals surface area contributed by atoms with Gasteiger partial charge >= 0.3 is 13.2 Å². The minimum atomic E-state index is -3.24. The summed E-state index contributed by atoms with van der Waals surface area (Å²) >= 11 is 0. The van der Waals surface area contributed by atoms with Crippen molar-refractivity contribution in [1.82, 2.24) is 15.3 Å². The van der Waals surface area contributed by atoms with Gasteiger partial charge in [-0.25, -0.2) is 4.98 Å². The molecule has 1 amide bonds. The first-order valence-corrected chi connectivity index (χ1v) is 8.51. The van der Waals surface area contributed by atoms with Gasteiger partial charge in [0.05, 0.1) is 12.2 Å². The van der Waals surface area contributed by atoms with E-state index in [0.717, 1.165) is 12.1 Å². The number of aryl methyl sites for hydroxylation is 1. The number of benzene rings is 1. The van der Waals surface area contributed by atoms with Crippen LogP contribution in [0.3, 0.4) is 0 Å². The third-order valence-corrected chi connectivity index (χ3v) is 3.83. The molecule has 0 radical (unpaired) electrons. The van der Waals surface area contributed by atoms with E-state index in [1.54, 1.807) is 19.1 Å². The van der Waals surface area contributed by atoms with E-state index in [1.807, 2.05) is 0 Å². The molecule has 0 fully saturated rings. The predicted molar refractivity (Wildman–Crippen MR) is 95.3 cm³/mol. The Morgan fingerprint density at radius 3 is 2.57 bits per heavy atom. The van der Waals surface area contributed by atoms with Crippen LogP contribution in [0.25, 0.3) is 11.5 Å². The second-order valence-electron chi connectivity index (χ2n) is 5.91. The lowest BCUT2D eigenvalue weighted by Crippen LogP contribution is -2.24. The molecule has 0 aliphatic rings. The van der Waals surface area contributed by atoms with Crippen molar-refractivity contribution in [1.29, 1.82) is 0 Å². The van der Waals surface area contributed by atoms with Crippen molar-refractivity contribution in [2.75, 3.05) is 0 Å². The fourth-order valence-corrected chi connectivity index (χ4v) is 2.52. The molecule has 0 bridgehead atoms. The van der Waals surface area contributed by atoms with E-state index in [4.69, 9.17) is 4.42 Å². The molecule has 2 aromatic heterocycles. The van der Waals surface area contributed by atoms with Gasteiger partial charge in [0.2, 0.25) is 5.89 Å². The molecule has 158 valence electrons. The maximum atomic E-state index is 12.6. The number of aromatic nitrogens is 2. The van der Waals surface area contributed by atoms with Crippen LogP contribution in [0.2, 0.25) is 0 Å². The molecule has 3 rings (SSSR count). The van der Waals surface area contributed by atoms with Gasteiger partial charge in [-0.2, -0.15) is 17.6 Å². The minimum Gasteiger partial charge on any atom is -0.444 e. The third kappa shape index (κ3) is 5.25. The van der Waals surface area contributed by atoms with Crippen LogP contribution in [-0.2, 0) is 6.54 Å². The number of ether oxygens (including phenoxy) is 2. The number of rotatable bonds is 8. The molecule has 0 saturated heterocycles. The van der Waals surface area contributed by atoms with Crippen LogP contribution in [0, 0.1) is 6.92 Å². The quantitative estimate of drug-likeness (QED) is 0.545. The molecular formula is C19H15F4N3O4. The van der Waals surface area contributed by atoms with Gasteiger partial charge in [0, 0.05) is 11.8 Å². The van der Waals surface area contributed by atoms with Crippen molar-refractivity contribution in [2.24, 2.45) is 0 Å². The molecule has 0 unspecified atom stereocenters. The summed E-state index contributed by atoms with van der Waals surface area (Å²) in [4.78, 5) is 20.3. The van der Waals surface area contributed by atoms with Crippen LogP contribution < -0.4 is 14.8 Å². The van der Waals surface area contributed by atoms with E-state index in [1.165, 1.54) is 18.5 Å². The lowest BCUT2D eigenvalue weighted by atomic mass is 10.2. The summed E-state index contributed by atoms with van der Waals surface area (Å²) in [6, 6.07) is 6.82. The molecule has 11 heteroatoms. The Bertz CT molecular complexity index is 1030. The van der Waals surface area contributed by atoms with E-state index >= 15 is 0 Å². The first-order valence-electron chi connectivity index (χ1n) is 8.51. The number of alkyl halides is 4. The third-order valence-electron chi connectivity index (χ3n) is 3.83. The smallest absolute Gasteiger partial charge is 0.387 e. The Balaban J connectivity index is 1.73. The lowest BCUT2D eigenvalue weighted by Gasteiger charge is -2.12. The van der Waals surface area contributed by atoms with Crippen LogP contribution in [-0.4, -0.2) is 29.1 Å². The fourth-order valence-electron chi connectivity index (χ4n) is 2.52. The summed E-state index contributed by atoms with van der Waals surface area (Å²) in [6.45, 7) is -4.69. The zero-order valence-corrected chi connectivity index (χ0v) is 15.4. The molecule has 30 heavy (non-hydrogen) atoms. The number of amides is 1. The van der Waals surface area contributed by atoms with Gasteiger partial charge in [0.25, 0.3) is 5.91 Å². The maximum absolute atomic E-state index is 12.6. The van der Waals surface area contributed by atoms with Gasteiger partial charge < -0.3 is 19.2 Å². The van der Waals surface area contributed by atoms with Crippen molar-refractivity contribution in [3.8, 4) is 23.0 Å². The first kappa shape index (κ1) is 21.1. The summed E-state index contributed by atoms with van der Waals surface area (Å²) in [5, 5.41) is 2.64. The highest BCUT2D eigenvalue weighted by molar-refractivity contribution is 5.93. The van der Waals surface area contributed by atoms with Crippen LogP contribution in [0.4, 0.5) is 17.6 Å². The Morgan fingerprint density at radius 2 is 1.87 bits per heavy atom. The average Bonchev–Trinajstić information content (AvgIpc) is 3.16. The van der Waals surface area contributed by atoms with Crippen molar-refractivity contribution in [2.45, 2.75) is 26.7 Å². The van der Waals surface area contributed by atoms with E-state index < -0.39 is 30.6 Å². The predicted octanol–water partition coefficient (Wildman–Crippen LogP) is 4.18. The number of hydrogen-bond donors (Lipinski definition) is 1. The van der Waals surface area contributed by atoms with Crippen LogP contribution in [0.15, 0.2) is 47.2 Å². The largest absolute Gasteiger partial charge is 0.444 e. The standard InChI is InChI=1S/C19H15F4N3O4/c1-10-3-2-6-24-15(10)16(27)25-8-12-9-28-17(26-12)11-4-5-13(29-18(20)21)14(7-11)30-19(22)23/h2-7,9,18-19H,8H2,1H3,(H,25,27). The average molecular weight is 425 g/mol. The Morgan fingerprint density at radius 1 is 1.13 bits per heavy atom. The number of carbonyl (C=O) groups is 1. The lowest BCUT2D eigenvalue weighted by molar-refractivity contribution is -0.0692. The zero-order valence-electron chi connectivity index (χ0n) is 15.4. The summed E-state index contributed by atoms with van der Waals surface area (Å²) < 4.78 is 63.7. The SMILES string of the molecule is Cc1cccnc1C(=O)NCc1coc(-c2ccc(OC(F)F)c(OC(F)F)c2)n1. The van der Waals surface area contributed by atoms with E-state index in [-0.39, 0.29) is 23.7 Å². The van der Waals surface area contributed by atoms with Crippen LogP contribution in [0.1, 0.15) is 21.7 Å². The van der Waals surface area contributed by atoms with Gasteiger partial charge in [-0.05, 0) is 36.8 Å². The molecule has 2 heterocycles. The fraction of sp³-hybridized carbons (Fsp3) is 0.211. The number of pyridine rings is 1. The topological polar surface area (TPSA) is 86.5 Å². The van der Waals surface area contributed by atoms with E-state index in [9.17, 15) is 22.4 Å². The number of nitrogens with one attached hydrogen (secondary N) is 1. The molecule has 0 atom stereocenters. The van der Waals surface area contributed by atoms with Crippen LogP contribution in [0.5, 0.6) is 11.5 Å². The number of hydrogen-bond acceptors (Lipinski definition) is 6. The molecule has 0 saturated carbocycles. The van der Waals surface area contributed by atoms with Crippen molar-refractivity contribution < 1.29 is 36.2 Å². The highest BCUT2D eigenvalue weighted by Crippen LogP contribution is 2.34. The summed E-state index contributed by atoms with van der Waals surface area (Å²) in [5.74, 6) is -1.55. The number of oxazole rings is 1. The molecule has 0 spiro atoms. The normalized spacial score (nSPS) is 11.0. The molecule has 7 nitrogen and oxygen atoms in total. The van der Waals surface area contributed by atoms with Gasteiger partial charge in [0.1, 0.15) is 12.0 Å². The van der Waals surface area contributed by atoms with Crippen molar-refractivity contribution in [3.05, 3.63) is 59.7 Å². The Hall–Kier alpha value is -3.63. The van der Waals surface area contributed by atoms with Gasteiger partial charge in [-0.3, -0.25) is 9.78 Å². The molecule has 1 aromatic carbocycles. The molecular weight excluding hydrogens is 410 g/mol. The highest BCUT2D eigenvalue weighted by atomic mass is 19.3. The van der Waals surface area contributed by atoms with Gasteiger partial charge in [0.15, 0.2) is 11.5 Å². The summed E-state index contributed by atoms with van der Waals surface area (Å²) in [5.41, 5.74) is 1.50. The molecule has 3 aromatic rings. The second kappa shape index (κ2) is 9.25. The van der Waals surface area contributed by atoms with Crippen molar-refractivity contribution in [3.63, 3.8) is 0 Å². The van der Waals surface area contributed by atoms with Crippen LogP contribution >= 0.6 is 0 Å². The number of halogens is 4. The van der Waals surface area contributed by atoms with E-state index in [2.05, 4.69) is 24.8 Å². The monoisotopic (exact) mass is 425 g/mol. The van der Waals surface area contributed by atoms with Gasteiger partial charge in [-0.15, -0.1) is 0 Å². The van der Waals surface area contributed by atoms with E-state index in [0.29, 0.717) is 11.3 Å². The molecule has 0 aliphatic carbocycles. The minimum absolute atomic E-state index is 0.0102. The number of carbonyl (C=O) groups excluding carboxylic acids is 1. The van der Waals surface area contributed by atoms with Crippen molar-refractivity contribution >= 4 is 5.91 Å². The molecule has 0 aliphatic heterocycles. The first-order chi connectivity index (χ1) is 14.3. The number of nitrogens with zero attached hydrogens (tertiary/aromatic N) is 2. The summed E-state index contributed by atoms with van der Waals surface area (Å²) in [6.07, 6.45) is 2.76. The zero-order chi connectivity index (χ0) is 21.7. The summed E-state index contributed by atoms with van der Waals surface area (Å²) in [7, 11) is 0. The maximum Gasteiger partial charge on any atom is 0.387 e. The Kier molecular flexibility index (Phi) is 6.50. The molecule has 1 N–H and O–H groups in total. The highest BCUT2D eigenvalue weighted by Gasteiger charge is 2.18. The van der Waals surface area contributed by atoms with Gasteiger partial charge in [-0.1, -0.05) is 6.07 Å².